The van der Waals surface area contributed by atoms with Crippen molar-refractivity contribution in [1.29, 1.82) is 0 Å². The highest BCUT2D eigenvalue weighted by Gasteiger charge is 2.26. The fourth-order valence-corrected chi connectivity index (χ4v) is 3.21. The number of carboxylic acid groups (broad SMARTS) is 1. The molecule has 1 saturated heterocycles. The molecule has 23 heavy (non-hydrogen) atoms. The lowest BCUT2D eigenvalue weighted by Crippen LogP contribution is -2.44. The van der Waals surface area contributed by atoms with E-state index < -0.39 is 5.97 Å². The molecular weight excluding hydrogens is 294 g/mol. The first-order valence-corrected chi connectivity index (χ1v) is 8.25. The largest absolute Gasteiger partial charge is 0.496 e. The number of piperidine rings is 1. The van der Waals surface area contributed by atoms with Gasteiger partial charge in [0, 0.05) is 25.4 Å². The highest BCUT2D eigenvalue weighted by atomic mass is 16.5. The van der Waals surface area contributed by atoms with E-state index in [1.54, 1.807) is 7.11 Å². The van der Waals surface area contributed by atoms with Crippen LogP contribution in [0.4, 0.5) is 0 Å². The third kappa shape index (κ3) is 4.98. The summed E-state index contributed by atoms with van der Waals surface area (Å²) in [5, 5.41) is 8.86. The van der Waals surface area contributed by atoms with Crippen molar-refractivity contribution in [2.75, 3.05) is 13.7 Å². The van der Waals surface area contributed by atoms with Crippen LogP contribution in [-0.4, -0.2) is 41.6 Å². The highest BCUT2D eigenvalue weighted by Crippen LogP contribution is 2.24. The molecule has 0 saturated carbocycles. The predicted molar refractivity (Wildman–Crippen MR) is 87.5 cm³/mol. The molecule has 0 aliphatic carbocycles. The Kier molecular flexibility index (Phi) is 6.44. The number of hydrogen-bond acceptors (Lipinski definition) is 3. The number of carboxylic acids is 1. The summed E-state index contributed by atoms with van der Waals surface area (Å²) in [4.78, 5) is 25.2. The molecule has 5 nitrogen and oxygen atoms in total. The fourth-order valence-electron chi connectivity index (χ4n) is 3.21. The molecule has 1 N–H and O–H groups in total. The van der Waals surface area contributed by atoms with E-state index in [9.17, 15) is 9.59 Å². The van der Waals surface area contributed by atoms with Crippen LogP contribution in [0.2, 0.25) is 0 Å². The SMILES string of the molecule is COc1ccccc1CCC(=O)N1CCCC[C@@H]1CCC(=O)O. The van der Waals surface area contributed by atoms with Gasteiger partial charge in [-0.1, -0.05) is 18.2 Å². The number of ether oxygens (including phenoxy) is 1. The molecule has 5 heteroatoms. The van der Waals surface area contributed by atoms with Crippen LogP contribution >= 0.6 is 0 Å². The number of para-hydroxylation sites is 1. The van der Waals surface area contributed by atoms with E-state index in [2.05, 4.69) is 0 Å². The smallest absolute Gasteiger partial charge is 0.303 e. The second-order valence-electron chi connectivity index (χ2n) is 5.98. The summed E-state index contributed by atoms with van der Waals surface area (Å²) in [5.74, 6) is 0.129. The second kappa shape index (κ2) is 8.56. The third-order valence-corrected chi connectivity index (χ3v) is 4.44. The topological polar surface area (TPSA) is 66.8 Å². The fraction of sp³-hybridized carbons (Fsp3) is 0.556. The molecule has 0 spiro atoms. The molecule has 1 aromatic carbocycles. The van der Waals surface area contributed by atoms with Crippen LogP contribution < -0.4 is 4.74 Å². The number of methoxy groups -OCH3 is 1. The Morgan fingerprint density at radius 2 is 2.04 bits per heavy atom. The molecule has 1 fully saturated rings. The summed E-state index contributed by atoms with van der Waals surface area (Å²) in [6.45, 7) is 0.745. The molecule has 2 rings (SSSR count). The lowest BCUT2D eigenvalue weighted by Gasteiger charge is -2.36. The predicted octanol–water partition coefficient (Wildman–Crippen LogP) is 2.87. The normalized spacial score (nSPS) is 17.8. The van der Waals surface area contributed by atoms with E-state index in [1.165, 1.54) is 0 Å². The molecule has 1 aliphatic rings. The van der Waals surface area contributed by atoms with Gasteiger partial charge in [-0.2, -0.15) is 0 Å². The second-order valence-corrected chi connectivity index (χ2v) is 5.98. The number of amides is 1. The quantitative estimate of drug-likeness (QED) is 0.839. The Morgan fingerprint density at radius 1 is 1.26 bits per heavy atom. The zero-order valence-electron chi connectivity index (χ0n) is 13.7. The Bertz CT molecular complexity index is 544. The minimum absolute atomic E-state index is 0.0741. The number of rotatable bonds is 7. The van der Waals surface area contributed by atoms with Crippen molar-refractivity contribution >= 4 is 11.9 Å². The van der Waals surface area contributed by atoms with Crippen molar-refractivity contribution in [1.82, 2.24) is 4.90 Å². The zero-order chi connectivity index (χ0) is 16.7. The number of likely N-dealkylation sites (tertiary alicyclic amines) is 1. The van der Waals surface area contributed by atoms with Crippen molar-refractivity contribution in [3.63, 3.8) is 0 Å². The summed E-state index contributed by atoms with van der Waals surface area (Å²) in [7, 11) is 1.63. The van der Waals surface area contributed by atoms with Crippen molar-refractivity contribution in [2.24, 2.45) is 0 Å². The molecule has 0 aromatic heterocycles. The lowest BCUT2D eigenvalue weighted by molar-refractivity contribution is -0.140. The van der Waals surface area contributed by atoms with E-state index in [4.69, 9.17) is 9.84 Å². The maximum absolute atomic E-state index is 12.6. The first kappa shape index (κ1) is 17.3. The van der Waals surface area contributed by atoms with Gasteiger partial charge < -0.3 is 14.7 Å². The number of carbonyl (C=O) groups is 2. The zero-order valence-corrected chi connectivity index (χ0v) is 13.7. The van der Waals surface area contributed by atoms with Gasteiger partial charge in [-0.05, 0) is 43.7 Å². The number of aryl methyl sites for hydroxylation is 1. The van der Waals surface area contributed by atoms with Crippen LogP contribution in [-0.2, 0) is 16.0 Å². The first-order valence-electron chi connectivity index (χ1n) is 8.25. The number of aliphatic carboxylic acids is 1. The molecule has 1 heterocycles. The van der Waals surface area contributed by atoms with Crippen molar-refractivity contribution < 1.29 is 19.4 Å². The Morgan fingerprint density at radius 3 is 2.78 bits per heavy atom. The van der Waals surface area contributed by atoms with Crippen molar-refractivity contribution in [3.05, 3.63) is 29.8 Å². The van der Waals surface area contributed by atoms with Crippen LogP contribution in [0.5, 0.6) is 5.75 Å². The van der Waals surface area contributed by atoms with E-state index in [0.717, 1.165) is 37.1 Å². The summed E-state index contributed by atoms with van der Waals surface area (Å²) >= 11 is 0. The highest BCUT2D eigenvalue weighted by molar-refractivity contribution is 5.77. The maximum atomic E-state index is 12.6. The van der Waals surface area contributed by atoms with Crippen molar-refractivity contribution in [2.45, 2.75) is 51.0 Å². The molecule has 1 amide bonds. The summed E-state index contributed by atoms with van der Waals surface area (Å²) < 4.78 is 5.32. The molecule has 0 unspecified atom stereocenters. The molecule has 0 bridgehead atoms. The molecule has 1 aromatic rings. The van der Waals surface area contributed by atoms with Gasteiger partial charge in [0.15, 0.2) is 0 Å². The van der Waals surface area contributed by atoms with E-state index >= 15 is 0 Å². The van der Waals surface area contributed by atoms with Gasteiger partial charge in [0.05, 0.1) is 7.11 Å². The van der Waals surface area contributed by atoms with Crippen molar-refractivity contribution in [3.8, 4) is 5.75 Å². The molecule has 1 atom stereocenters. The van der Waals surface area contributed by atoms with Crippen LogP contribution in [0, 0.1) is 0 Å². The average molecular weight is 319 g/mol. The Labute approximate surface area is 137 Å². The number of carbonyl (C=O) groups excluding carboxylic acids is 1. The van der Waals surface area contributed by atoms with Gasteiger partial charge in [-0.25, -0.2) is 0 Å². The van der Waals surface area contributed by atoms with Crippen LogP contribution in [0.15, 0.2) is 24.3 Å². The van der Waals surface area contributed by atoms with Gasteiger partial charge in [0.1, 0.15) is 5.75 Å². The molecule has 1 aliphatic heterocycles. The van der Waals surface area contributed by atoms with E-state index in [-0.39, 0.29) is 18.4 Å². The number of nitrogens with zero attached hydrogens (tertiary/aromatic N) is 1. The molecule has 0 radical (unpaired) electrons. The van der Waals surface area contributed by atoms with E-state index in [0.29, 0.717) is 19.3 Å². The Balaban J connectivity index is 1.93. The first-order chi connectivity index (χ1) is 11.1. The minimum Gasteiger partial charge on any atom is -0.496 e. The minimum atomic E-state index is -0.794. The number of hydrogen-bond donors (Lipinski definition) is 1. The maximum Gasteiger partial charge on any atom is 0.303 e. The van der Waals surface area contributed by atoms with Crippen LogP contribution in [0.25, 0.3) is 0 Å². The summed E-state index contributed by atoms with van der Waals surface area (Å²) in [6.07, 6.45) is 4.74. The van der Waals surface area contributed by atoms with Crippen LogP contribution in [0.3, 0.4) is 0 Å². The third-order valence-electron chi connectivity index (χ3n) is 4.44. The molecule has 126 valence electrons. The standard InChI is InChI=1S/C18H25NO4/c1-23-16-8-3-2-6-14(16)9-11-17(20)19-13-5-4-7-15(19)10-12-18(21)22/h2-3,6,8,15H,4-5,7,9-13H2,1H3,(H,21,22)/t15-/m1/s1. The van der Waals surface area contributed by atoms with E-state index in [1.807, 2.05) is 29.2 Å². The Hall–Kier alpha value is -2.04. The van der Waals surface area contributed by atoms with Gasteiger partial charge in [-0.15, -0.1) is 0 Å². The van der Waals surface area contributed by atoms with Crippen LogP contribution in [0.1, 0.15) is 44.1 Å². The van der Waals surface area contributed by atoms with Gasteiger partial charge in [0.25, 0.3) is 0 Å². The monoisotopic (exact) mass is 319 g/mol. The summed E-state index contributed by atoms with van der Waals surface area (Å²) in [6, 6.07) is 7.81. The van der Waals surface area contributed by atoms with Gasteiger partial charge in [-0.3, -0.25) is 9.59 Å². The average Bonchev–Trinajstić information content (AvgIpc) is 2.58. The van der Waals surface area contributed by atoms with Gasteiger partial charge >= 0.3 is 5.97 Å². The van der Waals surface area contributed by atoms with Gasteiger partial charge in [0.2, 0.25) is 5.91 Å². The summed E-state index contributed by atoms with van der Waals surface area (Å²) in [5.41, 5.74) is 1.03. The molecular formula is C18H25NO4. The number of benzene rings is 1. The lowest BCUT2D eigenvalue weighted by atomic mass is 9.97.